The summed E-state index contributed by atoms with van der Waals surface area (Å²) in [6, 6.07) is 1.53. The number of nitrogens with one attached hydrogen (secondary N) is 5. The van der Waals surface area contributed by atoms with E-state index in [2.05, 4.69) is 48.1 Å². The summed E-state index contributed by atoms with van der Waals surface area (Å²) in [5, 5.41) is 44.0. The number of aliphatic hydroxyl groups is 1. The van der Waals surface area contributed by atoms with Crippen molar-refractivity contribution in [3.8, 4) is 38.4 Å². The monoisotopic (exact) mass is 1450 g/mol. The first-order valence-electron chi connectivity index (χ1n) is 30.2. The van der Waals surface area contributed by atoms with Gasteiger partial charge < -0.3 is 80.5 Å². The predicted octanol–water partition coefficient (Wildman–Crippen LogP) is 4.08. The Morgan fingerprint density at radius 3 is 2.28 bits per heavy atom. The summed E-state index contributed by atoms with van der Waals surface area (Å²) in [4.78, 5) is 151. The number of ether oxygens (including phenoxy) is 7. The first-order valence-corrected chi connectivity index (χ1v) is 34.6. The molecule has 0 spiro atoms. The Bertz CT molecular complexity index is 4670. The van der Waals surface area contributed by atoms with Crippen LogP contribution in [0.5, 0.6) is 5.75 Å². The third-order valence-electron chi connectivity index (χ3n) is 17.0. The largest absolute Gasteiger partial charge is 0.506 e. The lowest BCUT2D eigenvalue weighted by Gasteiger charge is -2.45. The molecule has 2 fully saturated rings. The number of nitrogens with zero attached hydrogens (tertiary/aromatic N) is 8. The van der Waals surface area contributed by atoms with Gasteiger partial charge in [-0.15, -0.1) is 56.7 Å². The number of aromatic hydroxyl groups is 1. The molecule has 37 heteroatoms. The number of rotatable bonds is 9. The third kappa shape index (κ3) is 13.0. The topological polar surface area (TPSA) is 423 Å². The number of thiazole rings is 5. The van der Waals surface area contributed by atoms with Crippen LogP contribution in [0.4, 0.5) is 0 Å². The minimum atomic E-state index is -1.81. The summed E-state index contributed by atoms with van der Waals surface area (Å²) in [7, 11) is 4.55. The molecule has 1 aromatic carbocycles. The van der Waals surface area contributed by atoms with Gasteiger partial charge in [0.25, 0.3) is 29.5 Å². The highest BCUT2D eigenvalue weighted by Gasteiger charge is 2.54. The first-order chi connectivity index (χ1) is 47.4. The van der Waals surface area contributed by atoms with Crippen molar-refractivity contribution in [2.45, 2.75) is 108 Å². The molecule has 2 saturated heterocycles. The number of carbonyl (C=O) groups is 8. The molecule has 5 aliphatic heterocycles. The Labute approximate surface area is 580 Å². The second-order valence-corrected chi connectivity index (χ2v) is 27.9. The van der Waals surface area contributed by atoms with Crippen molar-refractivity contribution in [3.05, 3.63) is 124 Å². The fraction of sp³-hybridized carbons (Fsp3) is 0.355. The lowest BCUT2D eigenvalue weighted by atomic mass is 9.86. The van der Waals surface area contributed by atoms with Crippen molar-refractivity contribution in [2.24, 2.45) is 5.73 Å². The molecule has 13 rings (SSSR count). The maximum absolute atomic E-state index is 15.3. The number of pyridine rings is 1. The van der Waals surface area contributed by atoms with E-state index in [1.807, 2.05) is 25.8 Å². The van der Waals surface area contributed by atoms with Crippen LogP contribution in [-0.2, 0) is 60.8 Å². The van der Waals surface area contributed by atoms with Crippen LogP contribution >= 0.6 is 56.7 Å². The normalized spacial score (nSPS) is 24.6. The van der Waals surface area contributed by atoms with Crippen molar-refractivity contribution in [2.75, 3.05) is 34.6 Å². The van der Waals surface area contributed by atoms with Crippen LogP contribution in [0, 0.1) is 0 Å². The summed E-state index contributed by atoms with van der Waals surface area (Å²) < 4.78 is 45.9. The molecular weight excluding hydrogens is 1390 g/mol. The SMILES string of the molecule is C=C(NC(=O)c1csc(-c2nc3c(cc2O)-c2nc(cs2)C(=O)NC(C(C)O)C(=O)N/C(=C(\C)OC)c2nc(cs2)C(=O)NC2c4nc(cs4)C(=O)NC(COC(=O)c4c5c6c(cccc6n4OC)COC(=O)C(OC4CC6(C)OCN(C)C6C(C)O4)C2OC5)c2nc-3cs2)n1)C(N)=O. The zero-order valence-electron chi connectivity index (χ0n) is 53.3. The Morgan fingerprint density at radius 2 is 1.54 bits per heavy atom. The fourth-order valence-electron chi connectivity index (χ4n) is 12.2. The van der Waals surface area contributed by atoms with E-state index in [9.17, 15) is 29.4 Å². The number of hydrogen-bond acceptors (Lipinski definition) is 30. The third-order valence-corrected chi connectivity index (χ3v) is 21.4. The van der Waals surface area contributed by atoms with Crippen LogP contribution in [-0.4, -0.2) is 180 Å². The van der Waals surface area contributed by atoms with Gasteiger partial charge >= 0.3 is 11.9 Å². The second kappa shape index (κ2) is 27.3. The highest BCUT2D eigenvalue weighted by atomic mass is 32.1. The van der Waals surface area contributed by atoms with Crippen molar-refractivity contribution in [1.29, 1.82) is 0 Å². The number of amides is 6. The molecule has 5 aliphatic rings. The maximum atomic E-state index is 15.3. The molecule has 10 unspecified atom stereocenters. The van der Waals surface area contributed by atoms with Gasteiger partial charge in [0.2, 0.25) is 5.91 Å². The number of primary amides is 1. The molecule has 10 atom stereocenters. The number of methoxy groups -OCH3 is 1. The van der Waals surface area contributed by atoms with Gasteiger partial charge in [-0.3, -0.25) is 33.7 Å². The number of aliphatic hydroxyl groups excluding tert-OH is 1. The van der Waals surface area contributed by atoms with Crippen LogP contribution < -0.4 is 37.2 Å². The Hall–Kier alpha value is -9.54. The molecule has 12 heterocycles. The molecule has 7 aromatic heterocycles. The van der Waals surface area contributed by atoms with Crippen LogP contribution in [0.1, 0.15) is 125 Å². The maximum Gasteiger partial charge on any atom is 0.358 e. The number of esters is 2. The molecule has 0 radical (unpaired) electrons. The predicted molar refractivity (Wildman–Crippen MR) is 353 cm³/mol. The Balaban J connectivity index is 0.990. The molecule has 8 aromatic rings. The Morgan fingerprint density at radius 1 is 0.848 bits per heavy atom. The number of hydrogen-bond donors (Lipinski definition) is 8. The van der Waals surface area contributed by atoms with Gasteiger partial charge in [0, 0.05) is 49.8 Å². The first kappa shape index (κ1) is 68.0. The van der Waals surface area contributed by atoms with Gasteiger partial charge in [0.1, 0.15) is 127 Å². The Kier molecular flexibility index (Phi) is 18.7. The van der Waals surface area contributed by atoms with Crippen LogP contribution in [0.15, 0.2) is 69.2 Å². The number of benzene rings is 1. The van der Waals surface area contributed by atoms with Crippen LogP contribution in [0.25, 0.3) is 49.3 Å². The minimum Gasteiger partial charge on any atom is -0.506 e. The molecule has 6 amide bonds. The van der Waals surface area contributed by atoms with E-state index < -0.39 is 133 Å². The number of allylic oxidation sites excluding steroid dienone is 1. The smallest absolute Gasteiger partial charge is 0.358 e. The molecule has 99 heavy (non-hydrogen) atoms. The zero-order chi connectivity index (χ0) is 70.0. The second-order valence-electron chi connectivity index (χ2n) is 23.5. The quantitative estimate of drug-likeness (QED) is 0.0573. The molecular formula is C62H60N14O18S5. The highest BCUT2D eigenvalue weighted by molar-refractivity contribution is 7.14. The number of cyclic esters (lactones) is 2. The zero-order valence-corrected chi connectivity index (χ0v) is 57.3. The van der Waals surface area contributed by atoms with Crippen molar-refractivity contribution >= 4 is 121 Å². The summed E-state index contributed by atoms with van der Waals surface area (Å²) in [6.07, 6.45) is -6.64. The van der Waals surface area contributed by atoms with E-state index in [0.717, 1.165) is 56.7 Å². The van der Waals surface area contributed by atoms with E-state index >= 15 is 19.2 Å². The van der Waals surface area contributed by atoms with Crippen LogP contribution in [0.2, 0.25) is 0 Å². The lowest BCUT2D eigenvalue weighted by Crippen LogP contribution is -2.58. The van der Waals surface area contributed by atoms with Gasteiger partial charge in [-0.25, -0.2) is 39.5 Å². The van der Waals surface area contributed by atoms with Crippen LogP contribution in [0.3, 0.4) is 0 Å². The number of carbonyl (C=O) groups excluding carboxylic acids is 8. The van der Waals surface area contributed by atoms with E-state index in [-0.39, 0.29) is 112 Å². The molecule has 9 N–H and O–H groups in total. The number of aromatic nitrogens is 7. The number of fused-ring (bicyclic) bond motifs is 16. The van der Waals surface area contributed by atoms with Gasteiger partial charge in [0.15, 0.2) is 18.1 Å². The standard InChI is InChI=1S/C62H60N14O18S5/c1-23(49(63)79)64-50(80)32-19-98-58(69-32)43-37(78)12-28-42(71-43)31-17-96-56(66-31)30-16-91-60(85)45-29-15-89-46(47(94-38-13-62(5)48(26(4)93-38)75(6)22-92-62)61(86)90-14-27-10-9-11-36(39(27)29)76(45)88-8)44(59-70-33(20-99-59)51(81)65-30)74-53(83)35-21-97-57(68-35)41(25(3)87-7)73-54(84)40(24(2)77)72-52(82)34-18-95-55(28)67-34/h9-12,17-21,24,26,30,38,40,44,46-48,77-78H,1,13-16,22H2,2-8H3,(H2,63,79)(H,64,80)(H,65,81)(H,72,82)(H,73,84)(H,74,83)/b41-25+. The molecule has 12 bridgehead atoms. The summed E-state index contributed by atoms with van der Waals surface area (Å²) in [6.45, 7) is 8.75. The van der Waals surface area contributed by atoms with Gasteiger partial charge in [-0.05, 0) is 52.4 Å². The van der Waals surface area contributed by atoms with Crippen molar-refractivity contribution < 1.29 is 86.6 Å². The number of likely N-dealkylation sites (N-methyl/N-ethyl adjacent to an activating group) is 1. The van der Waals surface area contributed by atoms with Crippen molar-refractivity contribution in [1.82, 2.24) is 66.1 Å². The molecule has 32 nitrogen and oxygen atoms in total. The van der Waals surface area contributed by atoms with E-state index in [1.54, 1.807) is 23.6 Å². The average Bonchev–Trinajstić information content (AvgIpc) is 1.62. The average molecular weight is 1450 g/mol. The lowest BCUT2D eigenvalue weighted by molar-refractivity contribution is -0.268. The van der Waals surface area contributed by atoms with E-state index in [4.69, 9.17) is 58.7 Å². The van der Waals surface area contributed by atoms with Gasteiger partial charge in [0.05, 0.1) is 55.5 Å². The summed E-state index contributed by atoms with van der Waals surface area (Å²) >= 11 is 4.62. The molecule has 516 valence electrons. The summed E-state index contributed by atoms with van der Waals surface area (Å²) in [5.74, 6) is -7.83. The number of nitrogens with two attached hydrogens (primary N) is 1. The highest BCUT2D eigenvalue weighted by Crippen LogP contribution is 2.44. The summed E-state index contributed by atoms with van der Waals surface area (Å²) in [5.41, 5.74) is 3.78. The molecule has 0 saturated carbocycles. The van der Waals surface area contributed by atoms with Gasteiger partial charge in [-0.2, -0.15) is 4.73 Å². The van der Waals surface area contributed by atoms with E-state index in [1.165, 1.54) is 60.4 Å². The molecule has 0 aliphatic carbocycles. The minimum absolute atomic E-state index is 0.00222. The van der Waals surface area contributed by atoms with E-state index in [0.29, 0.717) is 16.5 Å². The fourth-order valence-corrected chi connectivity index (χ4v) is 16.4. The van der Waals surface area contributed by atoms with Crippen molar-refractivity contribution in [3.63, 3.8) is 0 Å². The van der Waals surface area contributed by atoms with Gasteiger partial charge in [-0.1, -0.05) is 18.7 Å².